The molecule has 0 spiro atoms. The second-order valence-electron chi connectivity index (χ2n) is 13.4. The van der Waals surface area contributed by atoms with Crippen LogP contribution in [0.3, 0.4) is 0 Å². The van der Waals surface area contributed by atoms with Crippen molar-refractivity contribution in [2.24, 2.45) is 0 Å². The molecule has 6 aliphatic heterocycles. The summed E-state index contributed by atoms with van der Waals surface area (Å²) in [5.41, 5.74) is 4.85. The van der Waals surface area contributed by atoms with Gasteiger partial charge in [-0.1, -0.05) is 19.3 Å². The SMILES string of the molecule is O=C(CCCCCN1C(=O)C=CC1=O)NNC(=O)CCCCC1SC[C@@H]2NC(=O)N[C@H]12.O=C(O)CCCC[C@@H]1SC[C@@H]2NC(=O)N[C@@H]21.O=C1C=CC(=O)N1. The maximum atomic E-state index is 11.9. The van der Waals surface area contributed by atoms with Gasteiger partial charge >= 0.3 is 18.0 Å². The highest BCUT2D eigenvalue weighted by molar-refractivity contribution is 8.00. The molecule has 8 N–H and O–H groups in total. The van der Waals surface area contributed by atoms with Crippen LogP contribution in [0, 0.1) is 0 Å². The minimum absolute atomic E-state index is 0.0640. The molecule has 18 nitrogen and oxygen atoms in total. The molecule has 0 aliphatic carbocycles. The second-order valence-corrected chi connectivity index (χ2v) is 15.9. The largest absolute Gasteiger partial charge is 0.481 e. The highest BCUT2D eigenvalue weighted by Gasteiger charge is 2.43. The van der Waals surface area contributed by atoms with E-state index in [0.717, 1.165) is 50.0 Å². The molecule has 1 unspecified atom stereocenters. The van der Waals surface area contributed by atoms with Gasteiger partial charge in [0, 0.05) is 72.1 Å². The number of unbranched alkanes of at least 4 members (excludes halogenated alkanes) is 4. The number of aliphatic carboxylic acids is 1. The molecule has 0 aromatic carbocycles. The van der Waals surface area contributed by atoms with E-state index in [1.54, 1.807) is 0 Å². The van der Waals surface area contributed by atoms with Gasteiger partial charge in [-0.2, -0.15) is 23.5 Å². The number of rotatable bonds is 16. The maximum Gasteiger partial charge on any atom is 0.315 e. The molecule has 0 aromatic heterocycles. The van der Waals surface area contributed by atoms with Crippen molar-refractivity contribution in [2.75, 3.05) is 18.1 Å². The third-order valence-electron chi connectivity index (χ3n) is 9.31. The Morgan fingerprint density at radius 1 is 0.630 bits per heavy atom. The van der Waals surface area contributed by atoms with Crippen LogP contribution in [0.2, 0.25) is 0 Å². The third kappa shape index (κ3) is 13.7. The quantitative estimate of drug-likeness (QED) is 0.0456. The van der Waals surface area contributed by atoms with Crippen LogP contribution in [-0.2, 0) is 33.6 Å². The van der Waals surface area contributed by atoms with E-state index in [9.17, 15) is 43.2 Å². The Labute approximate surface area is 320 Å². The van der Waals surface area contributed by atoms with Crippen molar-refractivity contribution < 1.29 is 48.3 Å². The smallest absolute Gasteiger partial charge is 0.315 e. The first kappa shape index (κ1) is 42.2. The van der Waals surface area contributed by atoms with Crippen LogP contribution >= 0.6 is 23.5 Å². The van der Waals surface area contributed by atoms with Crippen LogP contribution < -0.4 is 37.4 Å². The van der Waals surface area contributed by atoms with Crippen LogP contribution in [0.25, 0.3) is 0 Å². The van der Waals surface area contributed by atoms with Crippen LogP contribution in [0.1, 0.15) is 77.0 Å². The molecular formula is C34H48N8O10S2. The molecule has 0 aromatic rings. The fourth-order valence-electron chi connectivity index (χ4n) is 6.54. The fraction of sp³-hybridized carbons (Fsp3) is 0.618. The summed E-state index contributed by atoms with van der Waals surface area (Å²) in [4.78, 5) is 101. The van der Waals surface area contributed by atoms with Gasteiger partial charge in [-0.3, -0.25) is 54.6 Å². The lowest BCUT2D eigenvalue weighted by molar-refractivity contribution is -0.138. The molecule has 6 heterocycles. The molecule has 10 amide bonds. The summed E-state index contributed by atoms with van der Waals surface area (Å²) in [6.45, 7) is 0.354. The van der Waals surface area contributed by atoms with E-state index in [4.69, 9.17) is 5.11 Å². The molecule has 4 fully saturated rings. The van der Waals surface area contributed by atoms with Gasteiger partial charge in [0.1, 0.15) is 0 Å². The number of hydrazine groups is 1. The molecule has 20 heteroatoms. The minimum Gasteiger partial charge on any atom is -0.481 e. The zero-order valence-corrected chi connectivity index (χ0v) is 31.4. The van der Waals surface area contributed by atoms with Crippen LogP contribution in [0.5, 0.6) is 0 Å². The van der Waals surface area contributed by atoms with E-state index in [-0.39, 0.29) is 84.5 Å². The van der Waals surface area contributed by atoms with Gasteiger partial charge in [0.2, 0.25) is 11.8 Å². The number of hydrogen-bond acceptors (Lipinski definition) is 11. The van der Waals surface area contributed by atoms with Gasteiger partial charge in [0.25, 0.3) is 23.6 Å². The van der Waals surface area contributed by atoms with E-state index in [1.165, 1.54) is 29.2 Å². The van der Waals surface area contributed by atoms with Crippen LogP contribution in [-0.4, -0.2) is 116 Å². The minimum atomic E-state index is -0.729. The van der Waals surface area contributed by atoms with Crippen LogP contribution in [0.4, 0.5) is 9.59 Å². The molecular weight excluding hydrogens is 745 g/mol. The summed E-state index contributed by atoms with van der Waals surface area (Å²) < 4.78 is 0. The third-order valence-corrected chi connectivity index (χ3v) is 12.3. The van der Waals surface area contributed by atoms with Crippen molar-refractivity contribution in [3.05, 3.63) is 24.3 Å². The van der Waals surface area contributed by atoms with E-state index < -0.39 is 5.97 Å². The molecule has 6 aliphatic rings. The molecule has 0 saturated carbocycles. The van der Waals surface area contributed by atoms with E-state index in [0.29, 0.717) is 42.7 Å². The summed E-state index contributed by atoms with van der Waals surface area (Å²) in [5.74, 6) is -0.569. The number of fused-ring (bicyclic) bond motifs is 2. The van der Waals surface area contributed by atoms with Crippen molar-refractivity contribution >= 4 is 77.0 Å². The Bertz CT molecular complexity index is 1480. The molecule has 54 heavy (non-hydrogen) atoms. The van der Waals surface area contributed by atoms with Crippen molar-refractivity contribution in [1.82, 2.24) is 42.3 Å². The monoisotopic (exact) mass is 792 g/mol. The number of carbonyl (C=O) groups excluding carboxylic acids is 8. The highest BCUT2D eigenvalue weighted by atomic mass is 32.2. The molecule has 6 rings (SSSR count). The number of urea groups is 2. The molecule has 4 saturated heterocycles. The topological polar surface area (TPSA) is 261 Å². The summed E-state index contributed by atoms with van der Waals surface area (Å²) in [7, 11) is 0. The lowest BCUT2D eigenvalue weighted by Crippen LogP contribution is -2.41. The standard InChI is InChI=1S/C20H29N5O5S.C10H16N2O3S.C4H3NO2/c26-15(7-2-1-5-11-25-17(28)9-10-18(25)29)23-24-16(27)8-4-3-6-14-19-13(12-31-14)21-20(30)22-19;13-8(14)4-2-1-3-7-9-6(5-16-7)11-10(15)12-9;6-3-1-2-4(7)5-3/h9-10,13-14,19H,1-8,11-12H2,(H,23,26)(H,24,27)(H2,21,22,30);6-7,9H,1-5H2,(H,13,14)(H2,11,12,15);1-2H,(H,5,6,7)/t13-,14?,19-;6-,7-,9-;/m00./s1. The summed E-state index contributed by atoms with van der Waals surface area (Å²) in [6, 6.07) is 0.737. The highest BCUT2D eigenvalue weighted by Crippen LogP contribution is 2.34. The lowest BCUT2D eigenvalue weighted by atomic mass is 10.0. The van der Waals surface area contributed by atoms with Crippen LogP contribution in [0.15, 0.2) is 24.3 Å². The van der Waals surface area contributed by atoms with Crippen molar-refractivity contribution in [3.8, 4) is 0 Å². The van der Waals surface area contributed by atoms with Gasteiger partial charge in [-0.15, -0.1) is 0 Å². The van der Waals surface area contributed by atoms with Gasteiger partial charge in [0.15, 0.2) is 0 Å². The summed E-state index contributed by atoms with van der Waals surface area (Å²) in [5, 5.41) is 23.1. The first-order chi connectivity index (χ1) is 25.9. The average Bonchev–Trinajstić information content (AvgIpc) is 3.98. The number of hydrogen-bond donors (Lipinski definition) is 8. The molecule has 6 atom stereocenters. The van der Waals surface area contributed by atoms with Gasteiger partial charge in [0.05, 0.1) is 24.2 Å². The average molecular weight is 793 g/mol. The zero-order valence-electron chi connectivity index (χ0n) is 29.8. The fourth-order valence-corrected chi connectivity index (χ4v) is 9.63. The number of carboxylic acids is 1. The normalized spacial score (nSPS) is 25.7. The van der Waals surface area contributed by atoms with Gasteiger partial charge in [-0.05, 0) is 38.5 Å². The number of nitrogens with zero attached hydrogens (tertiary/aromatic N) is 1. The van der Waals surface area contributed by atoms with Crippen molar-refractivity contribution in [1.29, 1.82) is 0 Å². The van der Waals surface area contributed by atoms with E-state index in [1.807, 2.05) is 28.8 Å². The first-order valence-corrected chi connectivity index (χ1v) is 20.2. The number of carboxylic acid groups (broad SMARTS) is 1. The number of carbonyl (C=O) groups is 9. The Kier molecular flexibility index (Phi) is 16.7. The second kappa shape index (κ2) is 21.3. The number of imide groups is 2. The Balaban J connectivity index is 0.000000232. The van der Waals surface area contributed by atoms with Crippen molar-refractivity contribution in [2.45, 2.75) is 112 Å². The Morgan fingerprint density at radius 2 is 1.09 bits per heavy atom. The zero-order chi connectivity index (χ0) is 39.0. The Morgan fingerprint density at radius 3 is 1.54 bits per heavy atom. The predicted octanol–water partition coefficient (Wildman–Crippen LogP) is 0.341. The molecule has 296 valence electrons. The number of thioether (sulfide) groups is 2. The molecule has 0 bridgehead atoms. The maximum absolute atomic E-state index is 11.9. The summed E-state index contributed by atoms with van der Waals surface area (Å²) in [6.07, 6.45) is 12.9. The summed E-state index contributed by atoms with van der Waals surface area (Å²) >= 11 is 3.72. The first-order valence-electron chi connectivity index (χ1n) is 18.1. The van der Waals surface area contributed by atoms with E-state index >= 15 is 0 Å². The predicted molar refractivity (Wildman–Crippen MR) is 198 cm³/mol. The van der Waals surface area contributed by atoms with Crippen molar-refractivity contribution in [3.63, 3.8) is 0 Å². The number of nitrogens with one attached hydrogen (secondary N) is 7. The lowest BCUT2D eigenvalue weighted by Gasteiger charge is -2.16. The number of amides is 10. The molecule has 0 radical (unpaired) electrons. The van der Waals surface area contributed by atoms with Gasteiger partial charge in [-0.25, -0.2) is 9.59 Å². The van der Waals surface area contributed by atoms with E-state index in [2.05, 4.69) is 32.1 Å². The Hall–Kier alpha value is -4.59. The van der Waals surface area contributed by atoms with Gasteiger partial charge < -0.3 is 26.4 Å².